The number of aliphatic hydroxyl groups is 1. The number of esters is 1. The van der Waals surface area contributed by atoms with Crippen molar-refractivity contribution in [3.05, 3.63) is 179 Å². The number of hydrogen-bond acceptors (Lipinski definition) is 7. The zero-order chi connectivity index (χ0) is 35.9. The molecule has 0 unspecified atom stereocenters. The molecule has 0 aliphatic carbocycles. The molecule has 7 aromatic rings. The van der Waals surface area contributed by atoms with E-state index in [9.17, 15) is 9.90 Å². The topological polar surface area (TPSA) is 108 Å². The summed E-state index contributed by atoms with van der Waals surface area (Å²) < 4.78 is 9.22. The molecule has 0 bridgehead atoms. The van der Waals surface area contributed by atoms with Gasteiger partial charge in [0.1, 0.15) is 11.4 Å². The van der Waals surface area contributed by atoms with Gasteiger partial charge in [-0.25, -0.2) is 14.5 Å². The molecule has 1 N–H and O–H groups in total. The molecular formula is C43H40N6O3. The van der Waals surface area contributed by atoms with Gasteiger partial charge in [-0.05, 0) is 63.2 Å². The lowest BCUT2D eigenvalue weighted by molar-refractivity contribution is 0.0510. The molecule has 5 aromatic carbocycles. The van der Waals surface area contributed by atoms with Crippen LogP contribution in [0, 0.1) is 0 Å². The van der Waals surface area contributed by atoms with E-state index in [2.05, 4.69) is 77.8 Å². The molecule has 0 saturated carbocycles. The fourth-order valence-electron chi connectivity index (χ4n) is 7.11. The summed E-state index contributed by atoms with van der Waals surface area (Å²) in [7, 11) is 0. The summed E-state index contributed by atoms with van der Waals surface area (Å²) in [6.45, 7) is 4.09. The van der Waals surface area contributed by atoms with Crippen molar-refractivity contribution in [2.75, 3.05) is 6.61 Å². The van der Waals surface area contributed by atoms with E-state index in [-0.39, 0.29) is 18.9 Å². The first-order valence-electron chi connectivity index (χ1n) is 17.6. The highest BCUT2D eigenvalue weighted by atomic mass is 16.5. The predicted octanol–water partition coefficient (Wildman–Crippen LogP) is 7.71. The van der Waals surface area contributed by atoms with Crippen molar-refractivity contribution < 1.29 is 14.6 Å². The standard InChI is InChI=1S/C43H40N6O3/c1-3-17-39-44-38(30-50)40(42(51)52-4-2)48(39)29-31-18-16-19-32(28-31)36-26-14-15-27-37(36)41-45-46-47-49(41)43(33-20-8-5-9-21-33,34-22-10-6-11-23-34)35-24-12-7-13-25-35/h5-16,18-28,50H,3-4,17,29-30H2,1-2H3. The van der Waals surface area contributed by atoms with Crippen molar-refractivity contribution in [2.45, 2.75) is 45.4 Å². The third kappa shape index (κ3) is 6.31. The molecule has 0 saturated heterocycles. The Bertz CT molecular complexity index is 2170. The second-order valence-corrected chi connectivity index (χ2v) is 12.5. The fourth-order valence-corrected chi connectivity index (χ4v) is 7.11. The number of imidazole rings is 1. The SMILES string of the molecule is CCCc1nc(CO)c(C(=O)OCC)n1Cc1cccc(-c2ccccc2-c2nnnn2C(c2ccccc2)(c2ccccc2)c2ccccc2)c1. The number of aryl methyl sites for hydroxylation is 1. The zero-order valence-electron chi connectivity index (χ0n) is 29.3. The number of nitrogens with zero attached hydrogens (tertiary/aromatic N) is 6. The van der Waals surface area contributed by atoms with Crippen molar-refractivity contribution in [3.63, 3.8) is 0 Å². The molecule has 9 nitrogen and oxygen atoms in total. The van der Waals surface area contributed by atoms with Crippen molar-refractivity contribution in [1.29, 1.82) is 0 Å². The van der Waals surface area contributed by atoms with Gasteiger partial charge in [0.15, 0.2) is 11.5 Å². The summed E-state index contributed by atoms with van der Waals surface area (Å²) in [6, 6.07) is 47.4. The first-order valence-corrected chi connectivity index (χ1v) is 17.6. The molecule has 0 fully saturated rings. The van der Waals surface area contributed by atoms with Crippen LogP contribution in [0.2, 0.25) is 0 Å². The molecule has 2 heterocycles. The number of aromatic nitrogens is 6. The summed E-state index contributed by atoms with van der Waals surface area (Å²) in [6.07, 6.45) is 1.49. The van der Waals surface area contributed by atoms with Crippen LogP contribution in [0.1, 0.15) is 64.5 Å². The summed E-state index contributed by atoms with van der Waals surface area (Å²) in [5.74, 6) is 0.849. The number of rotatable bonds is 13. The van der Waals surface area contributed by atoms with Crippen LogP contribution in [0.5, 0.6) is 0 Å². The molecule has 2 aromatic heterocycles. The van der Waals surface area contributed by atoms with E-state index in [0.29, 0.717) is 24.5 Å². The van der Waals surface area contributed by atoms with Gasteiger partial charge in [0.25, 0.3) is 0 Å². The maximum Gasteiger partial charge on any atom is 0.357 e. The Morgan fingerprint density at radius 3 is 1.92 bits per heavy atom. The normalized spacial score (nSPS) is 11.4. The molecule has 0 radical (unpaired) electrons. The van der Waals surface area contributed by atoms with Gasteiger partial charge in [-0.1, -0.05) is 140 Å². The Kier molecular flexibility index (Phi) is 10.1. The molecule has 260 valence electrons. The lowest BCUT2D eigenvalue weighted by atomic mass is 9.77. The molecule has 7 rings (SSSR count). The van der Waals surface area contributed by atoms with E-state index in [4.69, 9.17) is 15.0 Å². The average Bonchev–Trinajstić information content (AvgIpc) is 3.82. The quantitative estimate of drug-likeness (QED) is 0.0977. The van der Waals surface area contributed by atoms with E-state index in [1.807, 2.05) is 88.1 Å². The van der Waals surface area contributed by atoms with Gasteiger partial charge in [0, 0.05) is 18.5 Å². The number of carbonyl (C=O) groups is 1. The third-order valence-corrected chi connectivity index (χ3v) is 9.32. The van der Waals surface area contributed by atoms with E-state index in [1.165, 1.54) is 0 Å². The van der Waals surface area contributed by atoms with Crippen molar-refractivity contribution in [1.82, 2.24) is 29.8 Å². The molecule has 9 heteroatoms. The Morgan fingerprint density at radius 1 is 0.750 bits per heavy atom. The number of tetrazole rings is 1. The van der Waals surface area contributed by atoms with Crippen LogP contribution in [0.4, 0.5) is 0 Å². The van der Waals surface area contributed by atoms with E-state index < -0.39 is 11.5 Å². The van der Waals surface area contributed by atoms with Gasteiger partial charge in [-0.3, -0.25) is 0 Å². The van der Waals surface area contributed by atoms with Crippen LogP contribution < -0.4 is 0 Å². The Balaban J connectivity index is 1.38. The Morgan fingerprint density at radius 2 is 1.35 bits per heavy atom. The Labute approximate surface area is 303 Å². The zero-order valence-corrected chi connectivity index (χ0v) is 29.3. The molecule has 0 spiro atoms. The monoisotopic (exact) mass is 688 g/mol. The molecule has 0 amide bonds. The van der Waals surface area contributed by atoms with Gasteiger partial charge < -0.3 is 14.4 Å². The van der Waals surface area contributed by atoms with Gasteiger partial charge in [0.2, 0.25) is 0 Å². The third-order valence-electron chi connectivity index (χ3n) is 9.32. The van der Waals surface area contributed by atoms with Gasteiger partial charge >= 0.3 is 5.97 Å². The van der Waals surface area contributed by atoms with Crippen LogP contribution in [-0.2, 0) is 29.8 Å². The molecule has 0 aliphatic heterocycles. The summed E-state index contributed by atoms with van der Waals surface area (Å²) in [5, 5.41) is 23.9. The van der Waals surface area contributed by atoms with Crippen LogP contribution in [0.3, 0.4) is 0 Å². The van der Waals surface area contributed by atoms with E-state index in [1.54, 1.807) is 6.92 Å². The maximum atomic E-state index is 13.1. The summed E-state index contributed by atoms with van der Waals surface area (Å²) in [5.41, 5.74) is 6.50. The highest BCUT2D eigenvalue weighted by Gasteiger charge is 2.42. The number of benzene rings is 5. The van der Waals surface area contributed by atoms with Gasteiger partial charge in [0.05, 0.1) is 18.9 Å². The number of ether oxygens (including phenoxy) is 1. The predicted molar refractivity (Wildman–Crippen MR) is 200 cm³/mol. The van der Waals surface area contributed by atoms with Gasteiger partial charge in [-0.15, -0.1) is 5.10 Å². The number of aliphatic hydroxyl groups excluding tert-OH is 1. The highest BCUT2D eigenvalue weighted by molar-refractivity contribution is 5.89. The lowest BCUT2D eigenvalue weighted by Crippen LogP contribution is -2.39. The highest BCUT2D eigenvalue weighted by Crippen LogP contribution is 2.43. The number of carbonyl (C=O) groups excluding carboxylic acids is 1. The fraction of sp³-hybridized carbons (Fsp3) is 0.186. The maximum absolute atomic E-state index is 13.1. The van der Waals surface area contributed by atoms with E-state index in [0.717, 1.165) is 51.2 Å². The number of hydrogen-bond donors (Lipinski definition) is 1. The van der Waals surface area contributed by atoms with Crippen LogP contribution in [0.15, 0.2) is 140 Å². The lowest BCUT2D eigenvalue weighted by Gasteiger charge is -2.36. The molecule has 0 aliphatic rings. The minimum atomic E-state index is -0.900. The molecule has 0 atom stereocenters. The largest absolute Gasteiger partial charge is 0.461 e. The first-order chi connectivity index (χ1) is 25.6. The Hall–Kier alpha value is -6.19. The van der Waals surface area contributed by atoms with Crippen LogP contribution in [-0.4, -0.2) is 47.4 Å². The van der Waals surface area contributed by atoms with Gasteiger partial charge in [-0.2, -0.15) is 0 Å². The summed E-state index contributed by atoms with van der Waals surface area (Å²) >= 11 is 0. The van der Waals surface area contributed by atoms with Crippen LogP contribution >= 0.6 is 0 Å². The smallest absolute Gasteiger partial charge is 0.357 e. The van der Waals surface area contributed by atoms with Crippen molar-refractivity contribution in [3.8, 4) is 22.5 Å². The van der Waals surface area contributed by atoms with E-state index >= 15 is 0 Å². The summed E-state index contributed by atoms with van der Waals surface area (Å²) in [4.78, 5) is 17.8. The van der Waals surface area contributed by atoms with Crippen molar-refractivity contribution >= 4 is 5.97 Å². The van der Waals surface area contributed by atoms with Crippen LogP contribution in [0.25, 0.3) is 22.5 Å². The second kappa shape index (κ2) is 15.4. The second-order valence-electron chi connectivity index (χ2n) is 12.5. The minimum absolute atomic E-state index is 0.226. The molecule has 52 heavy (non-hydrogen) atoms. The van der Waals surface area contributed by atoms with Crippen molar-refractivity contribution in [2.24, 2.45) is 0 Å². The first kappa shape index (κ1) is 34.3. The minimum Gasteiger partial charge on any atom is -0.461 e. The molecular weight excluding hydrogens is 649 g/mol. The average molecular weight is 689 g/mol.